The first-order valence-electron chi connectivity index (χ1n) is 8.13. The molecule has 2 N–H and O–H groups in total. The lowest BCUT2D eigenvalue weighted by Crippen LogP contribution is -2.12. The molecule has 1 aromatic carbocycles. The van der Waals surface area contributed by atoms with Crippen LogP contribution < -0.4 is 5.32 Å². The third kappa shape index (κ3) is 2.66. The summed E-state index contributed by atoms with van der Waals surface area (Å²) in [5.74, 6) is 0.604. The summed E-state index contributed by atoms with van der Waals surface area (Å²) in [4.78, 5) is 7.87. The molecule has 2 aromatic heterocycles. The number of hydrogen-bond donors (Lipinski definition) is 2. The highest BCUT2D eigenvalue weighted by Gasteiger charge is 2.22. The van der Waals surface area contributed by atoms with Gasteiger partial charge in [0, 0.05) is 11.8 Å². The Bertz CT molecular complexity index is 915. The van der Waals surface area contributed by atoms with Crippen LogP contribution >= 0.6 is 11.6 Å². The van der Waals surface area contributed by atoms with Gasteiger partial charge in [0.25, 0.3) is 0 Å². The Morgan fingerprint density at radius 1 is 1.25 bits per heavy atom. The first kappa shape index (κ1) is 15.2. The number of aromatic nitrogens is 2. The lowest BCUT2D eigenvalue weighted by molar-refractivity contribution is 0.582. The quantitative estimate of drug-likeness (QED) is 0.713. The zero-order chi connectivity index (χ0) is 16.5. The Kier molecular flexibility index (Phi) is 3.97. The second-order valence-electron chi connectivity index (χ2n) is 6.25. The predicted octanol–water partition coefficient (Wildman–Crippen LogP) is 3.91. The smallest absolute Gasteiger partial charge is 0.137 e. The van der Waals surface area contributed by atoms with Crippen LogP contribution in [-0.2, 0) is 6.42 Å². The van der Waals surface area contributed by atoms with Gasteiger partial charge in [0.1, 0.15) is 5.15 Å². The van der Waals surface area contributed by atoms with E-state index in [1.807, 2.05) is 36.5 Å². The number of benzene rings is 1. The van der Waals surface area contributed by atoms with Gasteiger partial charge in [0.15, 0.2) is 0 Å². The molecule has 1 fully saturated rings. The van der Waals surface area contributed by atoms with Crippen molar-refractivity contribution in [2.75, 3.05) is 13.1 Å². The molecule has 5 heteroatoms. The van der Waals surface area contributed by atoms with Gasteiger partial charge in [-0.1, -0.05) is 23.7 Å². The van der Waals surface area contributed by atoms with Gasteiger partial charge in [-0.3, -0.25) is 0 Å². The van der Waals surface area contributed by atoms with Crippen molar-refractivity contribution in [1.29, 1.82) is 5.26 Å². The van der Waals surface area contributed by atoms with Crippen molar-refractivity contribution < 1.29 is 0 Å². The van der Waals surface area contributed by atoms with E-state index in [1.165, 1.54) is 12.0 Å². The van der Waals surface area contributed by atoms with E-state index in [1.54, 1.807) is 0 Å². The number of H-pyrrole nitrogens is 1. The zero-order valence-electron chi connectivity index (χ0n) is 13.1. The first-order valence-corrected chi connectivity index (χ1v) is 8.51. The molecule has 0 amide bonds. The van der Waals surface area contributed by atoms with E-state index in [2.05, 4.69) is 21.4 Å². The minimum Gasteiger partial charge on any atom is -0.360 e. The maximum atomic E-state index is 9.01. The van der Waals surface area contributed by atoms with Crippen LogP contribution in [0.25, 0.3) is 22.2 Å². The van der Waals surface area contributed by atoms with Crippen LogP contribution in [0.2, 0.25) is 5.15 Å². The monoisotopic (exact) mass is 336 g/mol. The normalized spacial score (nSPS) is 17.2. The van der Waals surface area contributed by atoms with E-state index in [4.69, 9.17) is 16.9 Å². The van der Waals surface area contributed by atoms with E-state index >= 15 is 0 Å². The summed E-state index contributed by atoms with van der Waals surface area (Å²) >= 11 is 6.55. The van der Waals surface area contributed by atoms with Crippen LogP contribution in [0.5, 0.6) is 0 Å². The lowest BCUT2D eigenvalue weighted by atomic mass is 9.91. The van der Waals surface area contributed by atoms with Crippen LogP contribution in [0.3, 0.4) is 0 Å². The average Bonchev–Trinajstić information content (AvgIpc) is 3.26. The molecule has 0 bridgehead atoms. The highest BCUT2D eigenvalue weighted by Crippen LogP contribution is 2.36. The molecule has 1 aliphatic rings. The van der Waals surface area contributed by atoms with Crippen LogP contribution in [-0.4, -0.2) is 23.1 Å². The van der Waals surface area contributed by atoms with E-state index in [-0.39, 0.29) is 0 Å². The van der Waals surface area contributed by atoms with E-state index in [0.717, 1.165) is 41.7 Å². The van der Waals surface area contributed by atoms with Crippen LogP contribution in [0, 0.1) is 17.2 Å². The standard InChI is InChI=1S/C19H17ClN4/c20-19-17(14-3-1-12(10-21)2-4-14)15(9-13-5-7-22-11-13)18-16(24-19)6-8-23-18/h1-4,6,8,13,22-23H,5,7,9,11H2/t13-/m1/s1. The summed E-state index contributed by atoms with van der Waals surface area (Å²) < 4.78 is 0. The average molecular weight is 337 g/mol. The largest absolute Gasteiger partial charge is 0.360 e. The molecular formula is C19H17ClN4. The minimum atomic E-state index is 0.521. The maximum absolute atomic E-state index is 9.01. The number of rotatable bonds is 3. The van der Waals surface area contributed by atoms with E-state index in [9.17, 15) is 0 Å². The summed E-state index contributed by atoms with van der Waals surface area (Å²) in [5.41, 5.74) is 5.80. The lowest BCUT2D eigenvalue weighted by Gasteiger charge is -2.16. The second kappa shape index (κ2) is 6.27. The summed E-state index contributed by atoms with van der Waals surface area (Å²) in [5, 5.41) is 13.0. The SMILES string of the molecule is N#Cc1ccc(-c2c(Cl)nc3cc[nH]c3c2C[C@H]2CCNC2)cc1. The molecule has 0 saturated carbocycles. The van der Waals surface area contributed by atoms with E-state index < -0.39 is 0 Å². The maximum Gasteiger partial charge on any atom is 0.137 e. The fourth-order valence-electron chi connectivity index (χ4n) is 3.49. The molecule has 3 heterocycles. The zero-order valence-corrected chi connectivity index (χ0v) is 13.9. The van der Waals surface area contributed by atoms with Crippen LogP contribution in [0.1, 0.15) is 17.5 Å². The van der Waals surface area contributed by atoms with Crippen molar-refractivity contribution in [3.05, 3.63) is 52.8 Å². The fraction of sp³-hybridized carbons (Fsp3) is 0.263. The highest BCUT2D eigenvalue weighted by atomic mass is 35.5. The molecule has 4 nitrogen and oxygen atoms in total. The van der Waals surface area contributed by atoms with Gasteiger partial charge >= 0.3 is 0 Å². The third-order valence-corrected chi connectivity index (χ3v) is 4.98. The van der Waals surface area contributed by atoms with Gasteiger partial charge in [-0.2, -0.15) is 5.26 Å². The topological polar surface area (TPSA) is 64.5 Å². The molecule has 4 rings (SSSR count). The number of pyridine rings is 1. The fourth-order valence-corrected chi connectivity index (χ4v) is 3.81. The molecule has 0 spiro atoms. The third-order valence-electron chi connectivity index (χ3n) is 4.71. The van der Waals surface area contributed by atoms with Crippen molar-refractivity contribution in [1.82, 2.24) is 15.3 Å². The molecule has 0 radical (unpaired) electrons. The van der Waals surface area contributed by atoms with Crippen molar-refractivity contribution in [3.8, 4) is 17.2 Å². The van der Waals surface area contributed by atoms with Gasteiger partial charge in [-0.25, -0.2) is 4.98 Å². The van der Waals surface area contributed by atoms with Gasteiger partial charge in [0.05, 0.1) is 22.7 Å². The summed E-state index contributed by atoms with van der Waals surface area (Å²) in [6, 6.07) is 11.7. The highest BCUT2D eigenvalue weighted by molar-refractivity contribution is 6.33. The minimum absolute atomic E-state index is 0.521. The van der Waals surface area contributed by atoms with Gasteiger partial charge in [0.2, 0.25) is 0 Å². The number of nitrogens with zero attached hydrogens (tertiary/aromatic N) is 2. The Labute approximate surface area is 145 Å². The first-order chi connectivity index (χ1) is 11.8. The van der Waals surface area contributed by atoms with Gasteiger partial charge in [-0.05, 0) is 61.2 Å². The molecule has 24 heavy (non-hydrogen) atoms. The number of hydrogen-bond acceptors (Lipinski definition) is 3. The Morgan fingerprint density at radius 3 is 2.79 bits per heavy atom. The number of fused-ring (bicyclic) bond motifs is 1. The van der Waals surface area contributed by atoms with E-state index in [0.29, 0.717) is 16.6 Å². The number of nitrogens with one attached hydrogen (secondary N) is 2. The van der Waals surface area contributed by atoms with Crippen molar-refractivity contribution >= 4 is 22.6 Å². The van der Waals surface area contributed by atoms with Crippen molar-refractivity contribution in [2.45, 2.75) is 12.8 Å². The molecule has 3 aromatic rings. The van der Waals surface area contributed by atoms with Crippen LogP contribution in [0.15, 0.2) is 36.5 Å². The molecular weight excluding hydrogens is 320 g/mol. The van der Waals surface area contributed by atoms with Gasteiger partial charge in [-0.15, -0.1) is 0 Å². The Morgan fingerprint density at radius 2 is 2.08 bits per heavy atom. The molecule has 120 valence electrons. The van der Waals surface area contributed by atoms with Crippen LogP contribution in [0.4, 0.5) is 0 Å². The summed E-state index contributed by atoms with van der Waals surface area (Å²) in [6.45, 7) is 2.11. The number of aromatic amines is 1. The number of halogens is 1. The summed E-state index contributed by atoms with van der Waals surface area (Å²) in [7, 11) is 0. The predicted molar refractivity (Wildman–Crippen MR) is 95.9 cm³/mol. The number of nitriles is 1. The van der Waals surface area contributed by atoms with Crippen molar-refractivity contribution in [2.24, 2.45) is 5.92 Å². The van der Waals surface area contributed by atoms with Crippen molar-refractivity contribution in [3.63, 3.8) is 0 Å². The Hall–Kier alpha value is -2.35. The molecule has 0 unspecified atom stereocenters. The molecule has 1 atom stereocenters. The molecule has 1 saturated heterocycles. The van der Waals surface area contributed by atoms with Gasteiger partial charge < -0.3 is 10.3 Å². The summed E-state index contributed by atoms with van der Waals surface area (Å²) in [6.07, 6.45) is 4.05. The molecule has 1 aliphatic heterocycles. The Balaban J connectivity index is 1.88. The molecule has 0 aliphatic carbocycles. The second-order valence-corrected chi connectivity index (χ2v) is 6.60.